The summed E-state index contributed by atoms with van der Waals surface area (Å²) >= 11 is 0. The Morgan fingerprint density at radius 3 is 1.64 bits per heavy atom. The Morgan fingerprint density at radius 2 is 1.14 bits per heavy atom. The van der Waals surface area contributed by atoms with E-state index in [1.807, 2.05) is 0 Å². The van der Waals surface area contributed by atoms with E-state index < -0.39 is 0 Å². The third-order valence-electron chi connectivity index (χ3n) is 5.82. The standard InChI is InChI=1S/C27H35N/c1-16(2)20-9-10-24-25(14-20)26(19(7)8)15-28-27(24)23-12-21(17(3)4)11-22(13-23)18(5)6/h9-19H,1-8H3. The van der Waals surface area contributed by atoms with Crippen molar-refractivity contribution in [2.24, 2.45) is 0 Å². The smallest absolute Gasteiger partial charge is 0.0780 e. The van der Waals surface area contributed by atoms with Gasteiger partial charge < -0.3 is 0 Å². The van der Waals surface area contributed by atoms with E-state index >= 15 is 0 Å². The predicted octanol–water partition coefficient (Wildman–Crippen LogP) is 8.40. The molecular weight excluding hydrogens is 338 g/mol. The van der Waals surface area contributed by atoms with Crippen LogP contribution < -0.4 is 0 Å². The van der Waals surface area contributed by atoms with Gasteiger partial charge in [-0.2, -0.15) is 0 Å². The predicted molar refractivity (Wildman–Crippen MR) is 124 cm³/mol. The molecule has 3 rings (SSSR count). The second kappa shape index (κ2) is 8.07. The summed E-state index contributed by atoms with van der Waals surface area (Å²) in [5.41, 5.74) is 7.87. The number of hydrogen-bond acceptors (Lipinski definition) is 1. The van der Waals surface area contributed by atoms with Crippen LogP contribution in [0.3, 0.4) is 0 Å². The maximum Gasteiger partial charge on any atom is 0.0780 e. The van der Waals surface area contributed by atoms with E-state index in [0.29, 0.717) is 23.7 Å². The number of fused-ring (bicyclic) bond motifs is 1. The first-order valence-corrected chi connectivity index (χ1v) is 10.8. The third kappa shape index (κ3) is 3.99. The van der Waals surface area contributed by atoms with Gasteiger partial charge in [-0.15, -0.1) is 0 Å². The van der Waals surface area contributed by atoms with Gasteiger partial charge in [-0.3, -0.25) is 4.98 Å². The van der Waals surface area contributed by atoms with Crippen LogP contribution >= 0.6 is 0 Å². The monoisotopic (exact) mass is 373 g/mol. The van der Waals surface area contributed by atoms with Crippen LogP contribution in [0.4, 0.5) is 0 Å². The van der Waals surface area contributed by atoms with Crippen LogP contribution in [0.1, 0.15) is 101 Å². The molecule has 0 unspecified atom stereocenters. The molecule has 0 fully saturated rings. The van der Waals surface area contributed by atoms with Gasteiger partial charge in [-0.1, -0.05) is 79.7 Å². The zero-order valence-corrected chi connectivity index (χ0v) is 18.8. The minimum Gasteiger partial charge on any atom is -0.255 e. The third-order valence-corrected chi connectivity index (χ3v) is 5.82. The van der Waals surface area contributed by atoms with Crippen LogP contribution in [0.15, 0.2) is 42.6 Å². The summed E-state index contributed by atoms with van der Waals surface area (Å²) in [5, 5.41) is 2.62. The maximum atomic E-state index is 4.97. The van der Waals surface area contributed by atoms with E-state index in [-0.39, 0.29) is 0 Å². The van der Waals surface area contributed by atoms with Crippen LogP contribution in [0.2, 0.25) is 0 Å². The summed E-state index contributed by atoms with van der Waals surface area (Å²) < 4.78 is 0. The molecule has 0 aliphatic heterocycles. The van der Waals surface area contributed by atoms with Crippen molar-refractivity contribution in [1.82, 2.24) is 4.98 Å². The molecule has 0 atom stereocenters. The highest BCUT2D eigenvalue weighted by atomic mass is 14.7. The quantitative estimate of drug-likeness (QED) is 0.437. The summed E-state index contributed by atoms with van der Waals surface area (Å²) in [6, 6.07) is 14.0. The van der Waals surface area contributed by atoms with Crippen molar-refractivity contribution in [1.29, 1.82) is 0 Å². The van der Waals surface area contributed by atoms with E-state index in [4.69, 9.17) is 4.98 Å². The minimum absolute atomic E-state index is 0.458. The lowest BCUT2D eigenvalue weighted by Crippen LogP contribution is -1.99. The Kier molecular flexibility index (Phi) is 5.93. The number of aromatic nitrogens is 1. The molecule has 0 aliphatic carbocycles. The van der Waals surface area contributed by atoms with Crippen LogP contribution in [-0.4, -0.2) is 4.98 Å². The number of pyridine rings is 1. The van der Waals surface area contributed by atoms with Crippen molar-refractivity contribution < 1.29 is 0 Å². The summed E-state index contributed by atoms with van der Waals surface area (Å²) in [5.74, 6) is 2.00. The molecule has 148 valence electrons. The highest BCUT2D eigenvalue weighted by Crippen LogP contribution is 2.36. The highest BCUT2D eigenvalue weighted by molar-refractivity contribution is 5.97. The fourth-order valence-corrected chi connectivity index (χ4v) is 3.81. The Morgan fingerprint density at radius 1 is 0.571 bits per heavy atom. The van der Waals surface area contributed by atoms with Crippen LogP contribution in [0, 0.1) is 0 Å². The van der Waals surface area contributed by atoms with E-state index in [1.165, 1.54) is 38.6 Å². The zero-order chi connectivity index (χ0) is 20.6. The maximum absolute atomic E-state index is 4.97. The molecule has 0 bridgehead atoms. The molecule has 1 heterocycles. The largest absolute Gasteiger partial charge is 0.255 e. The molecule has 1 heteroatoms. The molecule has 0 saturated heterocycles. The molecule has 28 heavy (non-hydrogen) atoms. The van der Waals surface area contributed by atoms with Crippen molar-refractivity contribution in [3.63, 3.8) is 0 Å². The molecule has 0 spiro atoms. The number of nitrogens with zero attached hydrogens (tertiary/aromatic N) is 1. The van der Waals surface area contributed by atoms with Gasteiger partial charge in [0.1, 0.15) is 0 Å². The average Bonchev–Trinajstić information content (AvgIpc) is 2.65. The Bertz CT molecular complexity index is 951. The lowest BCUT2D eigenvalue weighted by molar-refractivity contribution is 0.834. The van der Waals surface area contributed by atoms with Crippen molar-refractivity contribution >= 4 is 10.8 Å². The lowest BCUT2D eigenvalue weighted by atomic mass is 9.89. The van der Waals surface area contributed by atoms with Crippen LogP contribution in [0.5, 0.6) is 0 Å². The Balaban J connectivity index is 2.31. The van der Waals surface area contributed by atoms with Gasteiger partial charge in [0.05, 0.1) is 5.69 Å². The number of benzene rings is 2. The van der Waals surface area contributed by atoms with Gasteiger partial charge in [0.2, 0.25) is 0 Å². The molecule has 0 aliphatic rings. The van der Waals surface area contributed by atoms with Crippen molar-refractivity contribution in [2.45, 2.75) is 79.1 Å². The van der Waals surface area contributed by atoms with Crippen LogP contribution in [-0.2, 0) is 0 Å². The van der Waals surface area contributed by atoms with Crippen molar-refractivity contribution in [2.75, 3.05) is 0 Å². The first-order chi connectivity index (χ1) is 13.2. The Hall–Kier alpha value is -2.15. The second-order valence-corrected chi connectivity index (χ2v) is 9.37. The molecule has 1 nitrogen and oxygen atoms in total. The summed E-state index contributed by atoms with van der Waals surface area (Å²) in [6.45, 7) is 18.1. The van der Waals surface area contributed by atoms with Gasteiger partial charge in [-0.25, -0.2) is 0 Å². The normalized spacial score (nSPS) is 12.1. The van der Waals surface area contributed by atoms with Gasteiger partial charge in [0.25, 0.3) is 0 Å². The van der Waals surface area contributed by atoms with Gasteiger partial charge in [0.15, 0.2) is 0 Å². The molecule has 1 aromatic heterocycles. The Labute approximate surface area is 171 Å². The molecular formula is C27H35N. The molecule has 3 aromatic rings. The van der Waals surface area contributed by atoms with Crippen LogP contribution in [0.25, 0.3) is 22.0 Å². The highest BCUT2D eigenvalue weighted by Gasteiger charge is 2.15. The minimum atomic E-state index is 0.458. The SMILES string of the molecule is CC(C)c1cc(-c2ncc(C(C)C)c3cc(C(C)C)ccc23)cc(C(C)C)c1. The fourth-order valence-electron chi connectivity index (χ4n) is 3.81. The molecule has 0 radical (unpaired) electrons. The van der Waals surface area contributed by atoms with Crippen molar-refractivity contribution in [3.8, 4) is 11.3 Å². The molecule has 0 amide bonds. The van der Waals surface area contributed by atoms with E-state index in [0.717, 1.165) is 5.69 Å². The van der Waals surface area contributed by atoms with Gasteiger partial charge >= 0.3 is 0 Å². The first kappa shape index (κ1) is 20.6. The van der Waals surface area contributed by atoms with Gasteiger partial charge in [0, 0.05) is 17.1 Å². The fraction of sp³-hybridized carbons (Fsp3) is 0.444. The lowest BCUT2D eigenvalue weighted by Gasteiger charge is -2.18. The van der Waals surface area contributed by atoms with Gasteiger partial charge in [-0.05, 0) is 63.4 Å². The topological polar surface area (TPSA) is 12.9 Å². The first-order valence-electron chi connectivity index (χ1n) is 10.8. The summed E-state index contributed by atoms with van der Waals surface area (Å²) in [7, 11) is 0. The number of rotatable bonds is 5. The molecule has 2 aromatic carbocycles. The summed E-state index contributed by atoms with van der Waals surface area (Å²) in [4.78, 5) is 4.97. The van der Waals surface area contributed by atoms with E-state index in [1.54, 1.807) is 0 Å². The van der Waals surface area contributed by atoms with Crippen molar-refractivity contribution in [3.05, 3.63) is 64.8 Å². The zero-order valence-electron chi connectivity index (χ0n) is 18.8. The van der Waals surface area contributed by atoms with E-state index in [9.17, 15) is 0 Å². The average molecular weight is 374 g/mol. The molecule has 0 saturated carbocycles. The second-order valence-electron chi connectivity index (χ2n) is 9.37. The number of hydrogen-bond donors (Lipinski definition) is 0. The summed E-state index contributed by atoms with van der Waals surface area (Å²) in [6.07, 6.45) is 2.10. The molecule has 0 N–H and O–H groups in total. The van der Waals surface area contributed by atoms with E-state index in [2.05, 4.69) is 98.0 Å².